The van der Waals surface area contributed by atoms with Crippen LogP contribution < -0.4 is 0 Å². The molecule has 10 heavy (non-hydrogen) atoms. The Morgan fingerprint density at radius 2 is 2.30 bits per heavy atom. The van der Waals surface area contributed by atoms with E-state index >= 15 is 0 Å². The van der Waals surface area contributed by atoms with Gasteiger partial charge in [-0.2, -0.15) is 0 Å². The Labute approximate surface area is 60.8 Å². The molecule has 0 N–H and O–H groups in total. The van der Waals surface area contributed by atoms with Crippen molar-refractivity contribution in [2.24, 2.45) is 0 Å². The quantitative estimate of drug-likeness (QED) is 0.575. The summed E-state index contributed by atoms with van der Waals surface area (Å²) in [4.78, 5) is 7.70. The van der Waals surface area contributed by atoms with Gasteiger partial charge in [-0.05, 0) is 0 Å². The van der Waals surface area contributed by atoms with Crippen LogP contribution in [0.2, 0.25) is 5.15 Å². The smallest absolute Gasteiger partial charge is 0.276 e. The number of hydrogen-bond donors (Lipinski definition) is 0. The van der Waals surface area contributed by atoms with Gasteiger partial charge in [-0.3, -0.25) is 0 Å². The van der Waals surface area contributed by atoms with E-state index in [2.05, 4.69) is 15.1 Å². The molecule has 50 valence electrons. The maximum atomic E-state index is 5.53. The summed E-state index contributed by atoms with van der Waals surface area (Å²) in [6, 6.07) is 0. The molecule has 0 atom stereocenters. The lowest BCUT2D eigenvalue weighted by atomic mass is 10.6. The monoisotopic (exact) mass is 155 g/mol. The lowest BCUT2D eigenvalue weighted by Gasteiger charge is -1.84. The maximum absolute atomic E-state index is 5.53. The number of rotatable bonds is 0. The van der Waals surface area contributed by atoms with Crippen LogP contribution in [0.15, 0.2) is 16.9 Å². The number of nitrogens with zero attached hydrogens (tertiary/aromatic N) is 3. The standard InChI is InChI=1S/C5H2ClN3O/c6-4-2-7-5-3(9-4)1-8-10-5/h1-2H. The molecule has 5 heteroatoms. The highest BCUT2D eigenvalue weighted by atomic mass is 35.5. The van der Waals surface area contributed by atoms with Crippen LogP contribution in [-0.2, 0) is 0 Å². The molecule has 0 aromatic carbocycles. The first-order valence-corrected chi connectivity index (χ1v) is 2.97. The highest BCUT2D eigenvalue weighted by Crippen LogP contribution is 2.09. The second kappa shape index (κ2) is 1.91. The van der Waals surface area contributed by atoms with E-state index in [1.807, 2.05) is 0 Å². The van der Waals surface area contributed by atoms with E-state index in [4.69, 9.17) is 16.1 Å². The van der Waals surface area contributed by atoms with E-state index in [0.29, 0.717) is 16.4 Å². The molecule has 0 fully saturated rings. The average molecular weight is 156 g/mol. The first kappa shape index (κ1) is 5.61. The lowest BCUT2D eigenvalue weighted by Crippen LogP contribution is -1.77. The van der Waals surface area contributed by atoms with Crippen LogP contribution in [0.4, 0.5) is 0 Å². The van der Waals surface area contributed by atoms with Gasteiger partial charge in [-0.25, -0.2) is 9.97 Å². The Kier molecular flexibility index (Phi) is 1.07. The van der Waals surface area contributed by atoms with Crippen molar-refractivity contribution in [3.8, 4) is 0 Å². The van der Waals surface area contributed by atoms with Crippen molar-refractivity contribution in [3.63, 3.8) is 0 Å². The minimum Gasteiger partial charge on any atom is -0.334 e. The number of fused-ring (bicyclic) bond motifs is 1. The van der Waals surface area contributed by atoms with Crippen LogP contribution in [0.3, 0.4) is 0 Å². The van der Waals surface area contributed by atoms with Crippen molar-refractivity contribution >= 4 is 22.8 Å². The van der Waals surface area contributed by atoms with Crippen molar-refractivity contribution in [2.45, 2.75) is 0 Å². The topological polar surface area (TPSA) is 51.8 Å². The molecule has 4 nitrogen and oxygen atoms in total. The van der Waals surface area contributed by atoms with Crippen LogP contribution in [-0.4, -0.2) is 15.1 Å². The third-order valence-electron chi connectivity index (χ3n) is 1.05. The van der Waals surface area contributed by atoms with Gasteiger partial charge in [0, 0.05) is 0 Å². The summed E-state index contributed by atoms with van der Waals surface area (Å²) in [6.07, 6.45) is 2.88. The molecule has 0 saturated carbocycles. The minimum absolute atomic E-state index is 0.343. The van der Waals surface area contributed by atoms with Gasteiger partial charge in [0.2, 0.25) is 0 Å². The molecule has 0 aliphatic carbocycles. The largest absolute Gasteiger partial charge is 0.334 e. The minimum atomic E-state index is 0.343. The summed E-state index contributed by atoms with van der Waals surface area (Å²) in [5.41, 5.74) is 0.983. The SMILES string of the molecule is Clc1cnc2oncc2n1. The third kappa shape index (κ3) is 0.733. The second-order valence-electron chi connectivity index (χ2n) is 1.71. The van der Waals surface area contributed by atoms with Gasteiger partial charge in [0.15, 0.2) is 5.52 Å². The molecule has 0 aliphatic heterocycles. The van der Waals surface area contributed by atoms with E-state index < -0.39 is 0 Å². The molecule has 0 aliphatic rings. The highest BCUT2D eigenvalue weighted by Gasteiger charge is 1.99. The van der Waals surface area contributed by atoms with Crippen LogP contribution in [0.1, 0.15) is 0 Å². The second-order valence-corrected chi connectivity index (χ2v) is 2.10. The van der Waals surface area contributed by atoms with Crippen molar-refractivity contribution < 1.29 is 4.52 Å². The molecule has 0 unspecified atom stereocenters. The Morgan fingerprint density at radius 1 is 1.40 bits per heavy atom. The Bertz CT molecular complexity index is 358. The van der Waals surface area contributed by atoms with E-state index in [1.165, 1.54) is 12.4 Å². The van der Waals surface area contributed by atoms with E-state index in [0.717, 1.165) is 0 Å². The van der Waals surface area contributed by atoms with Crippen LogP contribution in [0, 0.1) is 0 Å². The van der Waals surface area contributed by atoms with Gasteiger partial charge in [-0.15, -0.1) is 0 Å². The summed E-state index contributed by atoms with van der Waals surface area (Å²) < 4.78 is 4.69. The lowest BCUT2D eigenvalue weighted by molar-refractivity contribution is 0.448. The molecular formula is C5H2ClN3O. The fourth-order valence-corrected chi connectivity index (χ4v) is 0.790. The Balaban J connectivity index is 2.86. The van der Waals surface area contributed by atoms with Gasteiger partial charge in [0.05, 0.1) is 12.4 Å². The summed E-state index contributed by atoms with van der Waals surface area (Å²) in [7, 11) is 0. The molecule has 2 aromatic heterocycles. The van der Waals surface area contributed by atoms with Crippen LogP contribution >= 0.6 is 11.6 Å². The number of aromatic nitrogens is 3. The third-order valence-corrected chi connectivity index (χ3v) is 1.23. The molecule has 0 saturated heterocycles. The normalized spacial score (nSPS) is 10.5. The maximum Gasteiger partial charge on any atom is 0.276 e. The van der Waals surface area contributed by atoms with Gasteiger partial charge < -0.3 is 4.52 Å². The number of hydrogen-bond acceptors (Lipinski definition) is 4. The molecular weight excluding hydrogens is 154 g/mol. The summed E-state index contributed by atoms with van der Waals surface area (Å²) in [5, 5.41) is 3.83. The highest BCUT2D eigenvalue weighted by molar-refractivity contribution is 6.29. The Morgan fingerprint density at radius 3 is 3.20 bits per heavy atom. The zero-order chi connectivity index (χ0) is 6.97. The first-order valence-electron chi connectivity index (χ1n) is 2.59. The molecule has 2 aromatic rings. The number of halogens is 1. The fourth-order valence-electron chi connectivity index (χ4n) is 0.650. The van der Waals surface area contributed by atoms with Crippen molar-refractivity contribution in [1.29, 1.82) is 0 Å². The molecule has 2 rings (SSSR count). The zero-order valence-electron chi connectivity index (χ0n) is 4.78. The predicted octanol–water partition coefficient (Wildman–Crippen LogP) is 1.27. The van der Waals surface area contributed by atoms with Crippen LogP contribution in [0.25, 0.3) is 11.2 Å². The van der Waals surface area contributed by atoms with E-state index in [9.17, 15) is 0 Å². The first-order chi connectivity index (χ1) is 4.86. The summed E-state index contributed by atoms with van der Waals surface area (Å²) in [5.74, 6) is 0. The fraction of sp³-hybridized carbons (Fsp3) is 0. The zero-order valence-corrected chi connectivity index (χ0v) is 5.54. The summed E-state index contributed by atoms with van der Waals surface area (Å²) >= 11 is 5.53. The van der Waals surface area contributed by atoms with Gasteiger partial charge >= 0.3 is 0 Å². The van der Waals surface area contributed by atoms with Crippen LogP contribution in [0.5, 0.6) is 0 Å². The molecule has 0 spiro atoms. The molecule has 2 heterocycles. The Hall–Kier alpha value is -1.16. The summed E-state index contributed by atoms with van der Waals surface area (Å²) in [6.45, 7) is 0. The van der Waals surface area contributed by atoms with Crippen molar-refractivity contribution in [1.82, 2.24) is 15.1 Å². The van der Waals surface area contributed by atoms with E-state index in [1.54, 1.807) is 0 Å². The van der Waals surface area contributed by atoms with E-state index in [-0.39, 0.29) is 0 Å². The molecule has 0 bridgehead atoms. The molecule has 0 amide bonds. The van der Waals surface area contributed by atoms with Gasteiger partial charge in [-0.1, -0.05) is 16.8 Å². The molecule has 0 radical (unpaired) electrons. The van der Waals surface area contributed by atoms with Gasteiger partial charge in [0.25, 0.3) is 5.71 Å². The average Bonchev–Trinajstić information content (AvgIpc) is 2.33. The van der Waals surface area contributed by atoms with Gasteiger partial charge in [0.1, 0.15) is 5.15 Å². The van der Waals surface area contributed by atoms with Crippen molar-refractivity contribution in [2.75, 3.05) is 0 Å². The van der Waals surface area contributed by atoms with Crippen molar-refractivity contribution in [3.05, 3.63) is 17.5 Å². The predicted molar refractivity (Wildman–Crippen MR) is 34.6 cm³/mol.